The van der Waals surface area contributed by atoms with Crippen molar-refractivity contribution in [2.24, 2.45) is 0 Å². The lowest BCUT2D eigenvalue weighted by Gasteiger charge is -2.19. The predicted molar refractivity (Wildman–Crippen MR) is 113 cm³/mol. The summed E-state index contributed by atoms with van der Waals surface area (Å²) in [5.41, 5.74) is 2.30. The molecule has 0 aromatic heterocycles. The minimum atomic E-state index is -0.609. The summed E-state index contributed by atoms with van der Waals surface area (Å²) in [7, 11) is 0. The quantitative estimate of drug-likeness (QED) is 0.686. The van der Waals surface area contributed by atoms with Gasteiger partial charge >= 0.3 is 5.97 Å². The largest absolute Gasteiger partial charge is 0.456 e. The van der Waals surface area contributed by atoms with E-state index < -0.39 is 18.5 Å². The highest BCUT2D eigenvalue weighted by molar-refractivity contribution is 5.95. The molecule has 0 fully saturated rings. The maximum atomic E-state index is 12.2. The van der Waals surface area contributed by atoms with Gasteiger partial charge in [-0.25, -0.2) is 0 Å². The lowest BCUT2D eigenvalue weighted by atomic mass is 9.87. The zero-order chi connectivity index (χ0) is 22.1. The lowest BCUT2D eigenvalue weighted by Crippen LogP contribution is -2.28. The number of hydrogen-bond donors (Lipinski definition) is 2. The molecule has 0 aliphatic heterocycles. The second kappa shape index (κ2) is 10.2. The van der Waals surface area contributed by atoms with Gasteiger partial charge in [-0.15, -0.1) is 0 Å². The van der Waals surface area contributed by atoms with Gasteiger partial charge in [0.2, 0.25) is 0 Å². The third-order valence-corrected chi connectivity index (χ3v) is 4.31. The molecule has 7 heteroatoms. The first kappa shape index (κ1) is 22.6. The van der Waals surface area contributed by atoms with Crippen molar-refractivity contribution >= 4 is 23.5 Å². The van der Waals surface area contributed by atoms with Gasteiger partial charge in [0.25, 0.3) is 11.8 Å². The van der Waals surface area contributed by atoms with Crippen molar-refractivity contribution in [3.8, 4) is 6.07 Å². The highest BCUT2D eigenvalue weighted by atomic mass is 16.5. The molecule has 0 radical (unpaired) electrons. The molecule has 0 heterocycles. The molecule has 2 aromatic carbocycles. The van der Waals surface area contributed by atoms with E-state index in [4.69, 9.17) is 10.00 Å². The number of esters is 1. The molecule has 0 spiro atoms. The number of carbonyl (C=O) groups is 3. The second-order valence-corrected chi connectivity index (χ2v) is 7.70. The Hall–Kier alpha value is -3.66. The maximum Gasteiger partial charge on any atom is 0.308 e. The minimum Gasteiger partial charge on any atom is -0.456 e. The number of rotatable bonds is 7. The molecule has 7 nitrogen and oxygen atoms in total. The Bertz CT molecular complexity index is 954. The number of nitrogens with one attached hydrogen (secondary N) is 2. The number of nitriles is 1. The Labute approximate surface area is 176 Å². The molecule has 0 atom stereocenters. The smallest absolute Gasteiger partial charge is 0.308 e. The minimum absolute atomic E-state index is 0.00173. The monoisotopic (exact) mass is 407 g/mol. The van der Waals surface area contributed by atoms with Gasteiger partial charge in [-0.1, -0.05) is 45.0 Å². The first-order chi connectivity index (χ1) is 14.2. The van der Waals surface area contributed by atoms with Crippen LogP contribution in [0, 0.1) is 11.3 Å². The summed E-state index contributed by atoms with van der Waals surface area (Å²) in [6.45, 7) is 5.90. The number of benzene rings is 2. The highest BCUT2D eigenvalue weighted by Gasteiger charge is 2.15. The van der Waals surface area contributed by atoms with Crippen molar-refractivity contribution < 1.29 is 19.1 Å². The van der Waals surface area contributed by atoms with Crippen molar-refractivity contribution in [1.29, 1.82) is 5.26 Å². The molecular formula is C23H25N3O4. The van der Waals surface area contributed by atoms with E-state index in [9.17, 15) is 14.4 Å². The third kappa shape index (κ3) is 6.74. The molecule has 2 amide bonds. The van der Waals surface area contributed by atoms with Gasteiger partial charge in [-0.05, 0) is 35.2 Å². The van der Waals surface area contributed by atoms with Crippen LogP contribution in [0.25, 0.3) is 0 Å². The van der Waals surface area contributed by atoms with Gasteiger partial charge in [0.05, 0.1) is 17.7 Å². The number of ether oxygens (including phenoxy) is 1. The number of para-hydroxylation sites is 1. The Morgan fingerprint density at radius 3 is 2.33 bits per heavy atom. The highest BCUT2D eigenvalue weighted by Crippen LogP contribution is 2.22. The fourth-order valence-corrected chi connectivity index (χ4v) is 2.60. The first-order valence-electron chi connectivity index (χ1n) is 9.54. The summed E-state index contributed by atoms with van der Waals surface area (Å²) >= 11 is 0. The summed E-state index contributed by atoms with van der Waals surface area (Å²) in [5.74, 6) is -1.44. The van der Waals surface area contributed by atoms with Crippen LogP contribution >= 0.6 is 0 Å². The Morgan fingerprint density at radius 2 is 1.70 bits per heavy atom. The SMILES string of the molecule is CC(C)(C)c1ccc(C(=O)NCCC(=O)OCC(=O)Nc2ccccc2C#N)cc1. The number of amides is 2. The van der Waals surface area contributed by atoms with E-state index >= 15 is 0 Å². The van der Waals surface area contributed by atoms with Crippen molar-refractivity contribution in [2.45, 2.75) is 32.6 Å². The van der Waals surface area contributed by atoms with Gasteiger partial charge in [-0.2, -0.15) is 5.26 Å². The molecule has 0 saturated heterocycles. The fourth-order valence-electron chi connectivity index (χ4n) is 2.60. The fraction of sp³-hybridized carbons (Fsp3) is 0.304. The zero-order valence-corrected chi connectivity index (χ0v) is 17.3. The zero-order valence-electron chi connectivity index (χ0n) is 17.3. The predicted octanol–water partition coefficient (Wildman–Crippen LogP) is 3.16. The van der Waals surface area contributed by atoms with E-state index in [1.165, 1.54) is 0 Å². The van der Waals surface area contributed by atoms with E-state index in [-0.39, 0.29) is 24.3 Å². The number of nitrogens with zero attached hydrogens (tertiary/aromatic N) is 1. The van der Waals surface area contributed by atoms with Crippen LogP contribution in [0.2, 0.25) is 0 Å². The Kier molecular flexibility index (Phi) is 7.70. The van der Waals surface area contributed by atoms with Gasteiger partial charge in [0.15, 0.2) is 6.61 Å². The van der Waals surface area contributed by atoms with Crippen LogP contribution < -0.4 is 10.6 Å². The molecule has 2 rings (SSSR count). The normalized spacial score (nSPS) is 10.6. The van der Waals surface area contributed by atoms with E-state index in [2.05, 4.69) is 31.4 Å². The van der Waals surface area contributed by atoms with Gasteiger partial charge in [0, 0.05) is 12.1 Å². The average Bonchev–Trinajstić information content (AvgIpc) is 2.72. The molecule has 0 aliphatic rings. The van der Waals surface area contributed by atoms with Gasteiger partial charge in [0.1, 0.15) is 6.07 Å². The summed E-state index contributed by atoms with van der Waals surface area (Å²) in [5, 5.41) is 14.2. The molecule has 0 bridgehead atoms. The standard InChI is InChI=1S/C23H25N3O4/c1-23(2,3)18-10-8-16(9-11-18)22(29)25-13-12-21(28)30-15-20(27)26-19-7-5-4-6-17(19)14-24/h4-11H,12-13,15H2,1-3H3,(H,25,29)(H,26,27). The number of carbonyl (C=O) groups excluding carboxylic acids is 3. The molecule has 2 aromatic rings. The van der Waals surface area contributed by atoms with Crippen LogP contribution in [-0.2, 0) is 19.7 Å². The molecule has 30 heavy (non-hydrogen) atoms. The topological polar surface area (TPSA) is 108 Å². The maximum absolute atomic E-state index is 12.2. The Morgan fingerprint density at radius 1 is 1.03 bits per heavy atom. The van der Waals surface area contributed by atoms with Gasteiger partial charge < -0.3 is 15.4 Å². The van der Waals surface area contributed by atoms with Crippen molar-refractivity contribution in [3.05, 3.63) is 65.2 Å². The third-order valence-electron chi connectivity index (χ3n) is 4.31. The Balaban J connectivity index is 1.72. The van der Waals surface area contributed by atoms with E-state index in [0.29, 0.717) is 16.8 Å². The van der Waals surface area contributed by atoms with E-state index in [1.807, 2.05) is 18.2 Å². The average molecular weight is 407 g/mol. The van der Waals surface area contributed by atoms with Crippen molar-refractivity contribution in [2.75, 3.05) is 18.5 Å². The molecule has 2 N–H and O–H groups in total. The van der Waals surface area contributed by atoms with Crippen LogP contribution in [0.15, 0.2) is 48.5 Å². The second-order valence-electron chi connectivity index (χ2n) is 7.70. The molecule has 156 valence electrons. The molecule has 0 aliphatic carbocycles. The molecular weight excluding hydrogens is 382 g/mol. The lowest BCUT2D eigenvalue weighted by molar-refractivity contribution is -0.147. The van der Waals surface area contributed by atoms with Crippen LogP contribution in [0.1, 0.15) is 48.7 Å². The summed E-state index contributed by atoms with van der Waals surface area (Å²) in [4.78, 5) is 35.8. The van der Waals surface area contributed by atoms with E-state index in [0.717, 1.165) is 5.56 Å². The first-order valence-corrected chi connectivity index (χ1v) is 9.54. The summed E-state index contributed by atoms with van der Waals surface area (Å²) < 4.78 is 4.91. The summed E-state index contributed by atoms with van der Waals surface area (Å²) in [6, 6.07) is 15.8. The van der Waals surface area contributed by atoms with Crippen molar-refractivity contribution in [3.63, 3.8) is 0 Å². The van der Waals surface area contributed by atoms with Crippen molar-refractivity contribution in [1.82, 2.24) is 5.32 Å². The molecule has 0 unspecified atom stereocenters. The van der Waals surface area contributed by atoms with Crippen LogP contribution in [-0.4, -0.2) is 30.9 Å². The number of hydrogen-bond acceptors (Lipinski definition) is 5. The van der Waals surface area contributed by atoms with E-state index in [1.54, 1.807) is 36.4 Å². The summed E-state index contributed by atoms with van der Waals surface area (Å²) in [6.07, 6.45) is -0.0616. The van der Waals surface area contributed by atoms with Crippen LogP contribution in [0.3, 0.4) is 0 Å². The van der Waals surface area contributed by atoms with Crippen LogP contribution in [0.5, 0.6) is 0 Å². The number of anilines is 1. The molecule has 0 saturated carbocycles. The van der Waals surface area contributed by atoms with Gasteiger partial charge in [-0.3, -0.25) is 14.4 Å². The van der Waals surface area contributed by atoms with Crippen LogP contribution in [0.4, 0.5) is 5.69 Å².